The molecule has 0 saturated carbocycles. The summed E-state index contributed by atoms with van der Waals surface area (Å²) in [7, 11) is 0. The van der Waals surface area contributed by atoms with Crippen molar-refractivity contribution >= 4 is 34.6 Å². The Kier molecular flexibility index (Phi) is 6.07. The van der Waals surface area contributed by atoms with Crippen molar-refractivity contribution < 1.29 is 29.1 Å². The largest absolute Gasteiger partial charge is 0.506 e. The lowest BCUT2D eigenvalue weighted by Gasteiger charge is -2.04. The molecule has 158 valence electrons. The summed E-state index contributed by atoms with van der Waals surface area (Å²) in [5, 5.41) is 36.1. The molecule has 31 heavy (non-hydrogen) atoms. The van der Waals surface area contributed by atoms with Crippen molar-refractivity contribution in [2.75, 3.05) is 0 Å². The number of halogens is 1. The lowest BCUT2D eigenvalue weighted by atomic mass is 10.1. The highest BCUT2D eigenvalue weighted by molar-refractivity contribution is 7.14. The first kappa shape index (κ1) is 21.6. The summed E-state index contributed by atoms with van der Waals surface area (Å²) in [4.78, 5) is 34.0. The number of hydrogen-bond donors (Lipinski definition) is 3. The number of nitrogens with zero attached hydrogens (tertiary/aromatic N) is 2. The second-order valence-corrected chi connectivity index (χ2v) is 7.15. The van der Waals surface area contributed by atoms with E-state index in [9.17, 15) is 29.2 Å². The zero-order chi connectivity index (χ0) is 22.7. The van der Waals surface area contributed by atoms with Crippen molar-refractivity contribution in [3.63, 3.8) is 0 Å². The number of hydrogen-bond acceptors (Lipinski definition) is 7. The predicted molar refractivity (Wildman–Crippen MR) is 111 cm³/mol. The van der Waals surface area contributed by atoms with Gasteiger partial charge in [-0.15, -0.1) is 11.3 Å². The summed E-state index contributed by atoms with van der Waals surface area (Å²) in [5.41, 5.74) is 2.01. The SMILES string of the molecule is CC(=NNC(=O)c1ccc(C(=O)O)c([N+](=O)[O-])c1)c1csc(-c2ccc(F)cc2)c1O. The number of nitro benzene ring substituents is 1. The van der Waals surface area contributed by atoms with E-state index in [0.717, 1.165) is 18.2 Å². The van der Waals surface area contributed by atoms with E-state index < -0.39 is 33.9 Å². The monoisotopic (exact) mass is 443 g/mol. The van der Waals surface area contributed by atoms with Gasteiger partial charge >= 0.3 is 5.97 Å². The van der Waals surface area contributed by atoms with Crippen LogP contribution in [0.4, 0.5) is 10.1 Å². The highest BCUT2D eigenvalue weighted by Crippen LogP contribution is 2.38. The first-order valence-corrected chi connectivity index (χ1v) is 9.50. The van der Waals surface area contributed by atoms with Crippen LogP contribution in [-0.4, -0.2) is 32.7 Å². The smallest absolute Gasteiger partial charge is 0.342 e. The van der Waals surface area contributed by atoms with Crippen LogP contribution in [0.3, 0.4) is 0 Å². The van der Waals surface area contributed by atoms with Gasteiger partial charge in [-0.25, -0.2) is 14.6 Å². The molecular weight excluding hydrogens is 429 g/mol. The van der Waals surface area contributed by atoms with Crippen LogP contribution in [0, 0.1) is 15.9 Å². The first-order valence-electron chi connectivity index (χ1n) is 8.62. The molecule has 0 bridgehead atoms. The number of aromatic hydroxyl groups is 1. The zero-order valence-electron chi connectivity index (χ0n) is 15.8. The summed E-state index contributed by atoms with van der Waals surface area (Å²) < 4.78 is 13.1. The Morgan fingerprint density at radius 2 is 1.84 bits per heavy atom. The fourth-order valence-electron chi connectivity index (χ4n) is 2.68. The van der Waals surface area contributed by atoms with Crippen LogP contribution in [-0.2, 0) is 0 Å². The first-order chi connectivity index (χ1) is 14.7. The van der Waals surface area contributed by atoms with Gasteiger partial charge in [-0.1, -0.05) is 12.1 Å². The fraction of sp³-hybridized carbons (Fsp3) is 0.0500. The van der Waals surface area contributed by atoms with Gasteiger partial charge in [0.2, 0.25) is 0 Å². The maximum Gasteiger partial charge on any atom is 0.342 e. The number of carboxylic acids is 1. The lowest BCUT2D eigenvalue weighted by molar-refractivity contribution is -0.385. The summed E-state index contributed by atoms with van der Waals surface area (Å²) in [5.74, 6) is -2.78. The van der Waals surface area contributed by atoms with Gasteiger partial charge in [0.05, 0.1) is 21.1 Å². The van der Waals surface area contributed by atoms with Gasteiger partial charge in [0, 0.05) is 17.0 Å². The minimum Gasteiger partial charge on any atom is -0.506 e. The van der Waals surface area contributed by atoms with Crippen LogP contribution in [0.15, 0.2) is 52.9 Å². The van der Waals surface area contributed by atoms with E-state index in [1.165, 1.54) is 42.5 Å². The van der Waals surface area contributed by atoms with Gasteiger partial charge in [-0.3, -0.25) is 14.9 Å². The van der Waals surface area contributed by atoms with Crippen LogP contribution in [0.5, 0.6) is 5.75 Å². The van der Waals surface area contributed by atoms with Gasteiger partial charge in [-0.2, -0.15) is 5.10 Å². The molecule has 3 aromatic rings. The number of nitrogens with one attached hydrogen (secondary N) is 1. The second-order valence-electron chi connectivity index (χ2n) is 6.27. The highest BCUT2D eigenvalue weighted by atomic mass is 32.1. The maximum absolute atomic E-state index is 13.1. The molecule has 0 saturated heterocycles. The number of thiophene rings is 1. The van der Waals surface area contributed by atoms with E-state index >= 15 is 0 Å². The number of benzene rings is 2. The molecule has 0 radical (unpaired) electrons. The minimum absolute atomic E-state index is 0.0893. The van der Waals surface area contributed by atoms with Crippen molar-refractivity contribution in [3.8, 4) is 16.2 Å². The number of amides is 1. The molecule has 1 aromatic heterocycles. The van der Waals surface area contributed by atoms with Crippen molar-refractivity contribution in [1.29, 1.82) is 0 Å². The standard InChI is InChI=1S/C20H14FN3O6S/c1-10(15-9-31-18(17(15)25)11-2-5-13(21)6-3-11)22-23-19(26)12-4-7-14(20(27)28)16(8-12)24(29)30/h2-9,25H,1H3,(H,23,26)(H,27,28). The third-order valence-corrected chi connectivity index (χ3v) is 5.29. The van der Waals surface area contributed by atoms with E-state index in [1.807, 2.05) is 0 Å². The Bertz CT molecular complexity index is 1220. The third kappa shape index (κ3) is 4.56. The minimum atomic E-state index is -1.49. The topological polar surface area (TPSA) is 142 Å². The third-order valence-electron chi connectivity index (χ3n) is 4.27. The van der Waals surface area contributed by atoms with Crippen molar-refractivity contribution in [2.45, 2.75) is 6.92 Å². The quantitative estimate of drug-likeness (QED) is 0.298. The Hall–Kier alpha value is -4.12. The molecule has 1 heterocycles. The van der Waals surface area contributed by atoms with Crippen LogP contribution >= 0.6 is 11.3 Å². The molecule has 0 aliphatic heterocycles. The molecule has 2 aromatic carbocycles. The van der Waals surface area contributed by atoms with Crippen LogP contribution in [0.25, 0.3) is 10.4 Å². The van der Waals surface area contributed by atoms with Gasteiger partial charge < -0.3 is 10.2 Å². The Morgan fingerprint density at radius 3 is 2.45 bits per heavy atom. The van der Waals surface area contributed by atoms with E-state index in [4.69, 9.17) is 5.11 Å². The number of aromatic carboxylic acids is 1. The molecular formula is C20H14FN3O6S. The van der Waals surface area contributed by atoms with E-state index in [-0.39, 0.29) is 17.0 Å². The van der Waals surface area contributed by atoms with E-state index in [0.29, 0.717) is 16.0 Å². The van der Waals surface area contributed by atoms with Crippen molar-refractivity contribution in [3.05, 3.63) is 80.5 Å². The van der Waals surface area contributed by atoms with E-state index in [2.05, 4.69) is 10.5 Å². The predicted octanol–water partition coefficient (Wildman–Crippen LogP) is 4.02. The van der Waals surface area contributed by atoms with E-state index in [1.54, 1.807) is 5.38 Å². The average Bonchev–Trinajstić information content (AvgIpc) is 3.13. The number of hydrazone groups is 1. The number of carboxylic acid groups (broad SMARTS) is 1. The molecule has 0 spiro atoms. The van der Waals surface area contributed by atoms with Crippen LogP contribution in [0.1, 0.15) is 33.2 Å². The van der Waals surface area contributed by atoms with Gasteiger partial charge in [0.25, 0.3) is 11.6 Å². The maximum atomic E-state index is 13.1. The average molecular weight is 443 g/mol. The molecule has 0 unspecified atom stereocenters. The van der Waals surface area contributed by atoms with Crippen molar-refractivity contribution in [1.82, 2.24) is 5.43 Å². The number of rotatable bonds is 6. The summed E-state index contributed by atoms with van der Waals surface area (Å²) in [6.45, 7) is 1.53. The normalized spacial score (nSPS) is 11.2. The molecule has 0 fully saturated rings. The summed E-state index contributed by atoms with van der Waals surface area (Å²) >= 11 is 1.21. The van der Waals surface area contributed by atoms with Crippen molar-refractivity contribution in [2.24, 2.45) is 5.10 Å². The van der Waals surface area contributed by atoms with Gasteiger partial charge in [-0.05, 0) is 36.8 Å². The molecule has 1 amide bonds. The number of carbonyl (C=O) groups excluding carboxylic acids is 1. The molecule has 0 atom stereocenters. The van der Waals surface area contributed by atoms with Crippen LogP contribution < -0.4 is 5.43 Å². The number of nitro groups is 1. The molecule has 9 nitrogen and oxygen atoms in total. The zero-order valence-corrected chi connectivity index (χ0v) is 16.6. The molecule has 0 aliphatic rings. The van der Waals surface area contributed by atoms with Gasteiger partial charge in [0.15, 0.2) is 0 Å². The fourth-order valence-corrected chi connectivity index (χ4v) is 3.69. The highest BCUT2D eigenvalue weighted by Gasteiger charge is 2.22. The molecule has 11 heteroatoms. The lowest BCUT2D eigenvalue weighted by Crippen LogP contribution is -2.19. The summed E-state index contributed by atoms with van der Waals surface area (Å²) in [6.07, 6.45) is 0. The Morgan fingerprint density at radius 1 is 1.16 bits per heavy atom. The number of carbonyl (C=O) groups is 2. The van der Waals surface area contributed by atoms with Gasteiger partial charge in [0.1, 0.15) is 17.1 Å². The second kappa shape index (κ2) is 8.71. The molecule has 0 aliphatic carbocycles. The van der Waals surface area contributed by atoms with Crippen LogP contribution in [0.2, 0.25) is 0 Å². The summed E-state index contributed by atoms with van der Waals surface area (Å²) in [6, 6.07) is 8.52. The molecule has 3 rings (SSSR count). The Labute approximate surface area is 178 Å². The Balaban J connectivity index is 1.82. The molecule has 3 N–H and O–H groups in total.